The van der Waals surface area contributed by atoms with E-state index in [9.17, 15) is 29.2 Å². The Morgan fingerprint density at radius 2 is 1.62 bits per heavy atom. The lowest BCUT2D eigenvalue weighted by molar-refractivity contribution is -0.136. The number of nitrogens with one attached hydrogen (secondary N) is 1. The van der Waals surface area contributed by atoms with Crippen molar-refractivity contribution < 1.29 is 28.4 Å². The third-order valence-corrected chi connectivity index (χ3v) is 13.6. The largest absolute Gasteiger partial charge is 0.371 e. The number of piperidine rings is 3. The van der Waals surface area contributed by atoms with Gasteiger partial charge in [-0.1, -0.05) is 17.7 Å². The van der Waals surface area contributed by atoms with Gasteiger partial charge in [-0.2, -0.15) is 5.26 Å². The molecule has 1 unspecified atom stereocenters. The van der Waals surface area contributed by atoms with E-state index in [0.29, 0.717) is 35.7 Å². The number of amides is 5. The SMILES string of the molecule is N#Cc1ncc(N2C(=O)C3(CCC3)N(c3ccc(C4CCN(CC5CCN(c6ccc7c(c6)C(=O)N(C6CCC(=O)NC6=O)C7=O)CC5)CC4)c(F)c3)C2=S)cc1Cl. The van der Waals surface area contributed by atoms with Crippen molar-refractivity contribution in [2.45, 2.75) is 75.3 Å². The average molecular weight is 823 g/mol. The molecule has 3 aromatic rings. The zero-order chi connectivity index (χ0) is 40.5. The number of hydrogen-bond acceptors (Lipinski definition) is 10. The van der Waals surface area contributed by atoms with Gasteiger partial charge in [0.1, 0.15) is 23.5 Å². The van der Waals surface area contributed by atoms with E-state index >= 15 is 4.39 Å². The maximum absolute atomic E-state index is 16.0. The zero-order valence-electron chi connectivity index (χ0n) is 31.6. The minimum Gasteiger partial charge on any atom is -0.371 e. The van der Waals surface area contributed by atoms with Gasteiger partial charge in [-0.3, -0.25) is 39.1 Å². The number of aromatic nitrogens is 1. The number of anilines is 3. The smallest absolute Gasteiger partial charge is 0.262 e. The van der Waals surface area contributed by atoms with Crippen molar-refractivity contribution in [3.05, 3.63) is 81.9 Å². The molecule has 1 aromatic heterocycles. The van der Waals surface area contributed by atoms with E-state index in [1.807, 2.05) is 24.3 Å². The summed E-state index contributed by atoms with van der Waals surface area (Å²) in [6.45, 7) is 4.29. The number of rotatable bonds is 7. The molecule has 6 aliphatic rings. The molecule has 0 radical (unpaired) electrons. The van der Waals surface area contributed by atoms with Crippen LogP contribution in [0.25, 0.3) is 0 Å². The van der Waals surface area contributed by atoms with Crippen molar-refractivity contribution in [2.24, 2.45) is 5.92 Å². The highest BCUT2D eigenvalue weighted by molar-refractivity contribution is 7.81. The molecule has 1 spiro atoms. The number of carbonyl (C=O) groups excluding carboxylic acids is 5. The summed E-state index contributed by atoms with van der Waals surface area (Å²) < 4.78 is 16.0. The molecule has 4 saturated heterocycles. The van der Waals surface area contributed by atoms with Crippen LogP contribution in [-0.4, -0.2) is 93.7 Å². The molecule has 58 heavy (non-hydrogen) atoms. The third kappa shape index (κ3) is 6.33. The number of imide groups is 2. The highest BCUT2D eigenvalue weighted by Gasteiger charge is 2.60. The van der Waals surface area contributed by atoms with Gasteiger partial charge in [0.2, 0.25) is 11.8 Å². The van der Waals surface area contributed by atoms with Crippen LogP contribution in [0.5, 0.6) is 0 Å². The van der Waals surface area contributed by atoms with E-state index in [4.69, 9.17) is 23.8 Å². The molecule has 16 heteroatoms. The Balaban J connectivity index is 0.794. The number of hydrogen-bond donors (Lipinski definition) is 1. The van der Waals surface area contributed by atoms with Crippen molar-refractivity contribution in [3.8, 4) is 6.07 Å². The number of halogens is 2. The quantitative estimate of drug-likeness (QED) is 0.244. The number of nitrogens with zero attached hydrogens (tertiary/aromatic N) is 7. The Labute approximate surface area is 344 Å². The predicted octanol–water partition coefficient (Wildman–Crippen LogP) is 5.30. The summed E-state index contributed by atoms with van der Waals surface area (Å²) in [4.78, 5) is 77.4. The van der Waals surface area contributed by atoms with E-state index < -0.39 is 35.2 Å². The first-order valence-electron chi connectivity index (χ1n) is 19.8. The lowest BCUT2D eigenvalue weighted by atomic mass is 9.75. The van der Waals surface area contributed by atoms with Crippen LogP contribution in [0, 0.1) is 23.1 Å². The number of likely N-dealkylation sites (tertiary alicyclic amines) is 1. The highest BCUT2D eigenvalue weighted by Crippen LogP contribution is 2.48. The summed E-state index contributed by atoms with van der Waals surface area (Å²) >= 11 is 12.1. The van der Waals surface area contributed by atoms with Gasteiger partial charge in [-0.25, -0.2) is 9.37 Å². The fourth-order valence-electron chi connectivity index (χ4n) is 9.65. The van der Waals surface area contributed by atoms with Crippen molar-refractivity contribution in [1.82, 2.24) is 20.1 Å². The first-order valence-corrected chi connectivity index (χ1v) is 20.6. The molecule has 5 amide bonds. The molecule has 1 saturated carbocycles. The molecule has 298 valence electrons. The van der Waals surface area contributed by atoms with Gasteiger partial charge in [0, 0.05) is 37.4 Å². The van der Waals surface area contributed by atoms with Crippen molar-refractivity contribution in [3.63, 3.8) is 0 Å². The Bertz CT molecular complexity index is 2330. The van der Waals surface area contributed by atoms with Gasteiger partial charge in [-0.05, 0) is 130 Å². The first-order chi connectivity index (χ1) is 28.0. The number of nitriles is 1. The fourth-order valence-corrected chi connectivity index (χ4v) is 10.3. The standard InChI is InChI=1S/C42H40ClFN8O5S/c43-32-19-28(22-46-34(32)21-45)50-40(57)42(12-1-13-42)52(41(50)58)27-3-4-29(33(44)20-27)25-10-14-48(15-11-25)23-24-8-16-49(17-9-24)26-2-5-30-31(18-26)39(56)51(38(30)55)35-6-7-36(53)47-37(35)54/h2-5,18-20,22,24-25,35H,1,6-17,23H2,(H,47,53,54). The van der Waals surface area contributed by atoms with Gasteiger partial charge in [0.25, 0.3) is 17.7 Å². The topological polar surface area (TPSA) is 150 Å². The molecule has 6 heterocycles. The summed E-state index contributed by atoms with van der Waals surface area (Å²) in [6, 6.07) is 12.9. The zero-order valence-corrected chi connectivity index (χ0v) is 33.2. The molecule has 5 aliphatic heterocycles. The number of pyridine rings is 1. The summed E-state index contributed by atoms with van der Waals surface area (Å²) in [7, 11) is 0. The molecule has 1 atom stereocenters. The highest BCUT2D eigenvalue weighted by atomic mass is 35.5. The summed E-state index contributed by atoms with van der Waals surface area (Å²) in [5, 5.41) is 11.8. The molecule has 2 aromatic carbocycles. The van der Waals surface area contributed by atoms with Crippen LogP contribution in [0.1, 0.15) is 95.7 Å². The lowest BCUT2D eigenvalue weighted by Gasteiger charge is -2.43. The van der Waals surface area contributed by atoms with Gasteiger partial charge < -0.3 is 14.7 Å². The van der Waals surface area contributed by atoms with Gasteiger partial charge in [-0.15, -0.1) is 0 Å². The normalized spacial score (nSPS) is 22.8. The van der Waals surface area contributed by atoms with Crippen LogP contribution in [0.2, 0.25) is 5.02 Å². The minimum absolute atomic E-state index is 0.0555. The molecule has 1 aliphatic carbocycles. The van der Waals surface area contributed by atoms with Crippen LogP contribution in [-0.2, 0) is 14.4 Å². The van der Waals surface area contributed by atoms with Gasteiger partial charge in [0.05, 0.1) is 28.0 Å². The predicted molar refractivity (Wildman–Crippen MR) is 216 cm³/mol. The van der Waals surface area contributed by atoms with E-state index in [-0.39, 0.29) is 57.4 Å². The number of fused-ring (bicyclic) bond motifs is 1. The fraction of sp³-hybridized carbons (Fsp3) is 0.429. The molecule has 5 fully saturated rings. The van der Waals surface area contributed by atoms with Crippen LogP contribution in [0.4, 0.5) is 21.5 Å². The maximum Gasteiger partial charge on any atom is 0.262 e. The molecule has 9 rings (SSSR count). The van der Waals surface area contributed by atoms with Crippen LogP contribution >= 0.6 is 23.8 Å². The van der Waals surface area contributed by atoms with Crippen LogP contribution in [0.3, 0.4) is 0 Å². The van der Waals surface area contributed by atoms with Crippen LogP contribution in [0.15, 0.2) is 48.7 Å². The molecule has 0 bridgehead atoms. The van der Waals surface area contributed by atoms with E-state index in [2.05, 4.69) is 20.1 Å². The Kier molecular flexibility index (Phi) is 9.77. The van der Waals surface area contributed by atoms with Crippen molar-refractivity contribution >= 4 is 75.5 Å². The maximum atomic E-state index is 16.0. The lowest BCUT2D eigenvalue weighted by Crippen LogP contribution is -2.55. The van der Waals surface area contributed by atoms with Crippen molar-refractivity contribution in [2.75, 3.05) is 47.4 Å². The third-order valence-electron chi connectivity index (χ3n) is 13.0. The van der Waals surface area contributed by atoms with Gasteiger partial charge >= 0.3 is 0 Å². The van der Waals surface area contributed by atoms with E-state index in [1.54, 1.807) is 17.0 Å². The second-order valence-electron chi connectivity index (χ2n) is 16.2. The molecular formula is C42H40ClFN8O5S. The Morgan fingerprint density at radius 1 is 0.897 bits per heavy atom. The second-order valence-corrected chi connectivity index (χ2v) is 16.9. The minimum atomic E-state index is -0.991. The van der Waals surface area contributed by atoms with Crippen LogP contribution < -0.4 is 20.0 Å². The first kappa shape index (κ1) is 38.2. The average Bonchev–Trinajstić information content (AvgIpc) is 3.59. The second kappa shape index (κ2) is 14.8. The number of benzene rings is 2. The molecule has 1 N–H and O–H groups in total. The summed E-state index contributed by atoms with van der Waals surface area (Å²) in [5.41, 5.74) is 2.17. The van der Waals surface area contributed by atoms with E-state index in [1.165, 1.54) is 23.2 Å². The Hall–Kier alpha value is -5.30. The van der Waals surface area contributed by atoms with Crippen molar-refractivity contribution in [1.29, 1.82) is 5.26 Å². The number of carbonyl (C=O) groups is 5. The monoisotopic (exact) mass is 822 g/mol. The Morgan fingerprint density at radius 3 is 2.28 bits per heavy atom. The summed E-state index contributed by atoms with van der Waals surface area (Å²) in [5.74, 6) is -1.99. The molecule has 13 nitrogen and oxygen atoms in total. The molecular weight excluding hydrogens is 783 g/mol. The van der Waals surface area contributed by atoms with Gasteiger partial charge in [0.15, 0.2) is 10.8 Å². The summed E-state index contributed by atoms with van der Waals surface area (Å²) in [6.07, 6.45) is 7.23. The number of thiocarbonyl (C=S) groups is 1. The van der Waals surface area contributed by atoms with E-state index in [0.717, 1.165) is 75.4 Å².